The van der Waals surface area contributed by atoms with Gasteiger partial charge in [-0.05, 0) is 57.3 Å². The van der Waals surface area contributed by atoms with Gasteiger partial charge in [0.2, 0.25) is 0 Å². The van der Waals surface area contributed by atoms with Gasteiger partial charge in [0.15, 0.2) is 0 Å². The fourth-order valence-corrected chi connectivity index (χ4v) is 4.45. The van der Waals surface area contributed by atoms with Crippen molar-refractivity contribution in [2.75, 3.05) is 32.1 Å². The molecule has 0 saturated carbocycles. The first kappa shape index (κ1) is 17.4. The molecule has 26 heavy (non-hydrogen) atoms. The number of anilines is 1. The molecule has 140 valence electrons. The van der Waals surface area contributed by atoms with Crippen LogP contribution in [0.15, 0.2) is 24.3 Å². The summed E-state index contributed by atoms with van der Waals surface area (Å²) in [7, 11) is 1.73. The number of piperidine rings is 1. The Bertz CT molecular complexity index is 754. The summed E-state index contributed by atoms with van der Waals surface area (Å²) in [6.07, 6.45) is 7.36. The lowest BCUT2D eigenvalue weighted by Gasteiger charge is -2.34. The van der Waals surface area contributed by atoms with Gasteiger partial charge in [-0.25, -0.2) is 4.68 Å². The van der Waals surface area contributed by atoms with Gasteiger partial charge in [-0.1, -0.05) is 25.5 Å². The second-order valence-electron chi connectivity index (χ2n) is 7.32. The third-order valence-electron chi connectivity index (χ3n) is 5.81. The number of rotatable bonds is 4. The second-order valence-corrected chi connectivity index (χ2v) is 7.32. The fraction of sp³-hybridized carbons (Fsp3) is 0.571. The van der Waals surface area contributed by atoms with Crippen LogP contribution in [0.1, 0.15) is 56.3 Å². The van der Waals surface area contributed by atoms with Gasteiger partial charge in [-0.2, -0.15) is 5.10 Å². The Balaban J connectivity index is 1.84. The number of para-hydroxylation sites is 2. The number of fused-ring (bicyclic) bond motifs is 1. The molecule has 0 spiro atoms. The third-order valence-corrected chi connectivity index (χ3v) is 5.81. The molecule has 0 bridgehead atoms. The summed E-state index contributed by atoms with van der Waals surface area (Å²) in [5.41, 5.74) is 3.71. The van der Waals surface area contributed by atoms with Crippen molar-refractivity contribution in [3.8, 4) is 11.4 Å². The summed E-state index contributed by atoms with van der Waals surface area (Å²) in [6, 6.07) is 8.62. The van der Waals surface area contributed by atoms with Gasteiger partial charge in [0.25, 0.3) is 0 Å². The molecule has 1 fully saturated rings. The lowest BCUT2D eigenvalue weighted by Crippen LogP contribution is -2.34. The minimum Gasteiger partial charge on any atom is -0.494 e. The summed E-state index contributed by atoms with van der Waals surface area (Å²) >= 11 is 0. The predicted molar refractivity (Wildman–Crippen MR) is 105 cm³/mol. The lowest BCUT2D eigenvalue weighted by atomic mass is 9.95. The molecule has 1 saturated heterocycles. The number of hydrogen-bond donors (Lipinski definition) is 1. The van der Waals surface area contributed by atoms with Crippen LogP contribution in [0, 0.1) is 0 Å². The molecule has 5 nitrogen and oxygen atoms in total. The molecular weight excluding hydrogens is 324 g/mol. The van der Waals surface area contributed by atoms with Gasteiger partial charge in [0.1, 0.15) is 17.3 Å². The minimum atomic E-state index is 0.443. The molecule has 2 aromatic rings. The normalized spacial score (nSPS) is 20.9. The van der Waals surface area contributed by atoms with Crippen molar-refractivity contribution < 1.29 is 4.74 Å². The van der Waals surface area contributed by atoms with Crippen LogP contribution in [0.2, 0.25) is 0 Å². The first-order valence-electron chi connectivity index (χ1n) is 10.1. The number of likely N-dealkylation sites (tertiary alicyclic amines) is 1. The molecule has 1 aromatic heterocycles. The van der Waals surface area contributed by atoms with E-state index in [0.29, 0.717) is 6.04 Å². The second kappa shape index (κ2) is 7.70. The average molecular weight is 354 g/mol. The Kier molecular flexibility index (Phi) is 5.16. The van der Waals surface area contributed by atoms with Gasteiger partial charge in [0.05, 0.1) is 18.8 Å². The predicted octanol–water partition coefficient (Wildman–Crippen LogP) is 4.18. The van der Waals surface area contributed by atoms with Crippen LogP contribution in [0.4, 0.5) is 5.82 Å². The van der Waals surface area contributed by atoms with Crippen LogP contribution >= 0.6 is 0 Å². The van der Waals surface area contributed by atoms with E-state index in [9.17, 15) is 0 Å². The number of aromatic nitrogens is 2. The highest BCUT2D eigenvalue weighted by molar-refractivity contribution is 5.58. The van der Waals surface area contributed by atoms with E-state index in [-0.39, 0.29) is 0 Å². The number of nitrogens with zero attached hydrogens (tertiary/aromatic N) is 3. The van der Waals surface area contributed by atoms with Gasteiger partial charge in [-0.15, -0.1) is 0 Å². The highest BCUT2D eigenvalue weighted by Crippen LogP contribution is 2.38. The monoisotopic (exact) mass is 354 g/mol. The first-order chi connectivity index (χ1) is 12.8. The number of ether oxygens (including phenoxy) is 1. The number of nitrogens with one attached hydrogen (secondary N) is 1. The zero-order valence-corrected chi connectivity index (χ0v) is 16.0. The summed E-state index contributed by atoms with van der Waals surface area (Å²) < 4.78 is 7.71. The van der Waals surface area contributed by atoms with Crippen molar-refractivity contribution in [3.05, 3.63) is 35.5 Å². The molecule has 1 atom stereocenters. The van der Waals surface area contributed by atoms with E-state index in [4.69, 9.17) is 9.84 Å². The molecule has 2 aliphatic heterocycles. The molecule has 0 radical (unpaired) electrons. The number of hydrogen-bond acceptors (Lipinski definition) is 4. The number of methoxy groups -OCH3 is 1. The Morgan fingerprint density at radius 1 is 1.19 bits per heavy atom. The SMILES string of the molecule is CCN1CCCCC1c1nn(-c2ccccc2OC)c2c1CCCCN2. The molecule has 0 amide bonds. The van der Waals surface area contributed by atoms with Crippen molar-refractivity contribution in [1.29, 1.82) is 0 Å². The first-order valence-corrected chi connectivity index (χ1v) is 10.1. The summed E-state index contributed by atoms with van der Waals surface area (Å²) in [4.78, 5) is 2.60. The van der Waals surface area contributed by atoms with Crippen LogP contribution in [0.3, 0.4) is 0 Å². The molecular formula is C21H30N4O. The van der Waals surface area contributed by atoms with E-state index in [0.717, 1.165) is 30.9 Å². The molecule has 2 aliphatic rings. The molecule has 4 rings (SSSR count). The van der Waals surface area contributed by atoms with E-state index in [1.807, 2.05) is 12.1 Å². The van der Waals surface area contributed by atoms with Gasteiger partial charge in [-0.3, -0.25) is 4.90 Å². The van der Waals surface area contributed by atoms with Crippen molar-refractivity contribution in [3.63, 3.8) is 0 Å². The van der Waals surface area contributed by atoms with Crippen molar-refractivity contribution >= 4 is 5.82 Å². The fourth-order valence-electron chi connectivity index (χ4n) is 4.45. The Labute approximate surface area is 156 Å². The summed E-state index contributed by atoms with van der Waals surface area (Å²) in [5, 5.41) is 8.83. The quantitative estimate of drug-likeness (QED) is 0.894. The average Bonchev–Trinajstić information content (AvgIpc) is 2.88. The lowest BCUT2D eigenvalue weighted by molar-refractivity contribution is 0.152. The summed E-state index contributed by atoms with van der Waals surface area (Å²) in [6.45, 7) is 5.56. The van der Waals surface area contributed by atoms with Crippen molar-refractivity contribution in [2.24, 2.45) is 0 Å². The maximum absolute atomic E-state index is 5.62. The Morgan fingerprint density at radius 2 is 2.08 bits per heavy atom. The Morgan fingerprint density at radius 3 is 2.92 bits per heavy atom. The maximum Gasteiger partial charge on any atom is 0.144 e. The highest BCUT2D eigenvalue weighted by Gasteiger charge is 2.31. The van der Waals surface area contributed by atoms with Gasteiger partial charge >= 0.3 is 0 Å². The largest absolute Gasteiger partial charge is 0.494 e. The smallest absolute Gasteiger partial charge is 0.144 e. The van der Waals surface area contributed by atoms with E-state index in [1.54, 1.807) is 7.11 Å². The zero-order valence-electron chi connectivity index (χ0n) is 16.0. The van der Waals surface area contributed by atoms with Crippen molar-refractivity contribution in [2.45, 2.75) is 51.5 Å². The molecule has 0 aliphatic carbocycles. The molecule has 1 aromatic carbocycles. The van der Waals surface area contributed by atoms with Crippen molar-refractivity contribution in [1.82, 2.24) is 14.7 Å². The summed E-state index contributed by atoms with van der Waals surface area (Å²) in [5.74, 6) is 2.04. The van der Waals surface area contributed by atoms with E-state index < -0.39 is 0 Å². The standard InChI is InChI=1S/C21H30N4O/c1-3-24-15-9-7-12-18(24)20-16-10-6-8-14-22-21(16)25(23-20)17-11-4-5-13-19(17)26-2/h4-5,11,13,18,22H,3,6-10,12,14-15H2,1-2H3. The van der Waals surface area contributed by atoms with E-state index in [2.05, 4.69) is 34.0 Å². The van der Waals surface area contributed by atoms with Gasteiger partial charge < -0.3 is 10.1 Å². The highest BCUT2D eigenvalue weighted by atomic mass is 16.5. The minimum absolute atomic E-state index is 0.443. The zero-order chi connectivity index (χ0) is 17.9. The topological polar surface area (TPSA) is 42.3 Å². The number of benzene rings is 1. The van der Waals surface area contributed by atoms with E-state index in [1.165, 1.54) is 55.7 Å². The molecule has 1 N–H and O–H groups in total. The Hall–Kier alpha value is -2.01. The van der Waals surface area contributed by atoms with Crippen LogP contribution in [-0.2, 0) is 6.42 Å². The molecule has 3 heterocycles. The van der Waals surface area contributed by atoms with Crippen LogP contribution in [-0.4, -0.2) is 41.4 Å². The van der Waals surface area contributed by atoms with Crippen LogP contribution < -0.4 is 10.1 Å². The maximum atomic E-state index is 5.62. The van der Waals surface area contributed by atoms with Crippen LogP contribution in [0.5, 0.6) is 5.75 Å². The van der Waals surface area contributed by atoms with Crippen LogP contribution in [0.25, 0.3) is 5.69 Å². The molecule has 1 unspecified atom stereocenters. The third kappa shape index (κ3) is 3.09. The molecule has 5 heteroatoms. The van der Waals surface area contributed by atoms with E-state index >= 15 is 0 Å². The van der Waals surface area contributed by atoms with Gasteiger partial charge in [0, 0.05) is 12.1 Å².